The third kappa shape index (κ3) is 4.48. The van der Waals surface area contributed by atoms with E-state index in [4.69, 9.17) is 0 Å². The molecule has 154 valence electrons. The number of amides is 3. The molecule has 1 aromatic heterocycles. The molecule has 8 nitrogen and oxygen atoms in total. The molecule has 0 bridgehead atoms. The number of H-pyrrole nitrogens is 1. The normalized spacial score (nSPS) is 15.8. The van der Waals surface area contributed by atoms with E-state index in [1.807, 2.05) is 24.3 Å². The number of benzene rings is 2. The first kappa shape index (κ1) is 19.6. The molecule has 1 aliphatic heterocycles. The van der Waals surface area contributed by atoms with E-state index in [-0.39, 0.29) is 30.6 Å². The van der Waals surface area contributed by atoms with Crippen molar-refractivity contribution in [3.63, 3.8) is 0 Å². The van der Waals surface area contributed by atoms with Crippen LogP contribution in [0, 0.1) is 0 Å². The van der Waals surface area contributed by atoms with Crippen LogP contribution >= 0.6 is 0 Å². The van der Waals surface area contributed by atoms with Crippen LogP contribution in [0.3, 0.4) is 0 Å². The fourth-order valence-corrected chi connectivity index (χ4v) is 3.49. The maximum Gasteiger partial charge on any atom is 0.254 e. The predicted molar refractivity (Wildman–Crippen MR) is 113 cm³/mol. The van der Waals surface area contributed by atoms with Gasteiger partial charge in [-0.2, -0.15) is 0 Å². The molecule has 0 saturated carbocycles. The van der Waals surface area contributed by atoms with Crippen molar-refractivity contribution < 1.29 is 14.4 Å². The summed E-state index contributed by atoms with van der Waals surface area (Å²) in [7, 11) is 0. The van der Waals surface area contributed by atoms with Gasteiger partial charge in [-0.05, 0) is 37.1 Å². The van der Waals surface area contributed by atoms with Crippen LogP contribution in [0.5, 0.6) is 0 Å². The molecule has 0 saturated heterocycles. The van der Waals surface area contributed by atoms with Crippen LogP contribution in [0.25, 0.3) is 11.0 Å². The fourth-order valence-electron chi connectivity index (χ4n) is 3.49. The second-order valence-electron chi connectivity index (χ2n) is 7.25. The first-order valence-corrected chi connectivity index (χ1v) is 10.0. The van der Waals surface area contributed by atoms with Crippen LogP contribution in [0.2, 0.25) is 0 Å². The Bertz CT molecular complexity index is 1060. The summed E-state index contributed by atoms with van der Waals surface area (Å²) in [5, 5.41) is 8.30. The van der Waals surface area contributed by atoms with Crippen molar-refractivity contribution in [2.45, 2.75) is 31.7 Å². The molecule has 4 N–H and O–H groups in total. The van der Waals surface area contributed by atoms with E-state index < -0.39 is 6.04 Å². The Hall–Kier alpha value is -3.68. The average molecular weight is 405 g/mol. The number of aryl methyl sites for hydroxylation is 1. The largest absolute Gasteiger partial charge is 0.356 e. The number of para-hydroxylation sites is 3. The molecular weight excluding hydrogens is 382 g/mol. The monoisotopic (exact) mass is 405 g/mol. The summed E-state index contributed by atoms with van der Waals surface area (Å²) in [6.07, 6.45) is 1.87. The summed E-state index contributed by atoms with van der Waals surface area (Å²) in [6.45, 7) is 0.518. The van der Waals surface area contributed by atoms with Crippen molar-refractivity contribution in [1.29, 1.82) is 0 Å². The van der Waals surface area contributed by atoms with Gasteiger partial charge in [-0.3, -0.25) is 14.4 Å². The van der Waals surface area contributed by atoms with E-state index in [0.29, 0.717) is 17.8 Å². The lowest BCUT2D eigenvalue weighted by Gasteiger charge is -2.14. The number of anilines is 1. The smallest absolute Gasteiger partial charge is 0.254 e. The van der Waals surface area contributed by atoms with Gasteiger partial charge in [0.2, 0.25) is 11.8 Å². The molecule has 0 radical (unpaired) electrons. The van der Waals surface area contributed by atoms with E-state index in [1.165, 1.54) is 0 Å². The number of carbonyl (C=O) groups is 3. The van der Waals surface area contributed by atoms with E-state index in [9.17, 15) is 14.4 Å². The number of nitrogens with zero attached hydrogens (tertiary/aromatic N) is 1. The van der Waals surface area contributed by atoms with Crippen LogP contribution < -0.4 is 16.0 Å². The molecule has 2 aromatic carbocycles. The van der Waals surface area contributed by atoms with Gasteiger partial charge in [0, 0.05) is 19.4 Å². The van der Waals surface area contributed by atoms with E-state index in [0.717, 1.165) is 29.7 Å². The van der Waals surface area contributed by atoms with E-state index >= 15 is 0 Å². The SMILES string of the molecule is O=C(CCC1NC(=O)c2ccccc2NC1=O)NCCCc1nc2ccccc2[nH]1. The van der Waals surface area contributed by atoms with Crippen molar-refractivity contribution in [3.8, 4) is 0 Å². The Morgan fingerprint density at radius 2 is 1.87 bits per heavy atom. The highest BCUT2D eigenvalue weighted by molar-refractivity contribution is 6.09. The topological polar surface area (TPSA) is 116 Å². The molecule has 0 aliphatic carbocycles. The zero-order chi connectivity index (χ0) is 20.9. The minimum Gasteiger partial charge on any atom is -0.356 e. The van der Waals surface area contributed by atoms with Crippen LogP contribution in [-0.4, -0.2) is 40.3 Å². The summed E-state index contributed by atoms with van der Waals surface area (Å²) in [4.78, 5) is 44.6. The van der Waals surface area contributed by atoms with Gasteiger partial charge in [0.1, 0.15) is 11.9 Å². The third-order valence-electron chi connectivity index (χ3n) is 5.06. The molecule has 1 atom stereocenters. The van der Waals surface area contributed by atoms with Crippen molar-refractivity contribution in [3.05, 3.63) is 59.9 Å². The van der Waals surface area contributed by atoms with Gasteiger partial charge in [0.25, 0.3) is 5.91 Å². The van der Waals surface area contributed by atoms with Gasteiger partial charge in [0.15, 0.2) is 0 Å². The maximum absolute atomic E-state index is 12.4. The average Bonchev–Trinajstić information content (AvgIpc) is 3.12. The van der Waals surface area contributed by atoms with Gasteiger partial charge in [0.05, 0.1) is 22.3 Å². The molecule has 0 fully saturated rings. The maximum atomic E-state index is 12.4. The number of fused-ring (bicyclic) bond motifs is 2. The fraction of sp³-hybridized carbons (Fsp3) is 0.273. The Morgan fingerprint density at radius 3 is 2.73 bits per heavy atom. The molecule has 1 unspecified atom stereocenters. The van der Waals surface area contributed by atoms with Crippen LogP contribution in [0.15, 0.2) is 48.5 Å². The molecule has 3 aromatic rings. The molecule has 3 amide bonds. The van der Waals surface area contributed by atoms with Gasteiger partial charge < -0.3 is 20.9 Å². The van der Waals surface area contributed by atoms with Gasteiger partial charge in [-0.15, -0.1) is 0 Å². The lowest BCUT2D eigenvalue weighted by atomic mass is 10.1. The Morgan fingerprint density at radius 1 is 1.07 bits per heavy atom. The first-order valence-electron chi connectivity index (χ1n) is 10.0. The number of hydrogen-bond acceptors (Lipinski definition) is 4. The molecule has 4 rings (SSSR count). The molecule has 8 heteroatoms. The zero-order valence-electron chi connectivity index (χ0n) is 16.4. The number of aromatic amines is 1. The second kappa shape index (κ2) is 8.77. The van der Waals surface area contributed by atoms with Crippen molar-refractivity contribution in [1.82, 2.24) is 20.6 Å². The summed E-state index contributed by atoms with van der Waals surface area (Å²) in [5.41, 5.74) is 2.84. The standard InChI is InChI=1S/C22H23N5O3/c28-20(23-13-5-10-19-24-16-8-3-4-9-17(16)25-19)12-11-18-22(30)26-15-7-2-1-6-14(15)21(29)27-18/h1-4,6-9,18H,5,10-13H2,(H,23,28)(H,24,25)(H,26,30)(H,27,29). The number of nitrogens with one attached hydrogen (secondary N) is 4. The lowest BCUT2D eigenvalue weighted by molar-refractivity contribution is -0.121. The van der Waals surface area contributed by atoms with Crippen molar-refractivity contribution in [2.75, 3.05) is 11.9 Å². The van der Waals surface area contributed by atoms with E-state index in [1.54, 1.807) is 24.3 Å². The summed E-state index contributed by atoms with van der Waals surface area (Å²) in [6, 6.07) is 13.9. The van der Waals surface area contributed by atoms with Gasteiger partial charge >= 0.3 is 0 Å². The van der Waals surface area contributed by atoms with Crippen molar-refractivity contribution >= 4 is 34.4 Å². The number of hydrogen-bond donors (Lipinski definition) is 4. The second-order valence-corrected chi connectivity index (χ2v) is 7.25. The molecule has 0 spiro atoms. The molecule has 2 heterocycles. The molecule has 1 aliphatic rings. The van der Waals surface area contributed by atoms with Gasteiger partial charge in [-0.1, -0.05) is 24.3 Å². The molecule has 30 heavy (non-hydrogen) atoms. The Labute approximate surface area is 173 Å². The van der Waals surface area contributed by atoms with Crippen LogP contribution in [-0.2, 0) is 16.0 Å². The van der Waals surface area contributed by atoms with E-state index in [2.05, 4.69) is 25.9 Å². The third-order valence-corrected chi connectivity index (χ3v) is 5.06. The Kier molecular flexibility index (Phi) is 5.74. The quantitative estimate of drug-likeness (QED) is 0.451. The summed E-state index contributed by atoms with van der Waals surface area (Å²) < 4.78 is 0. The lowest BCUT2D eigenvalue weighted by Crippen LogP contribution is -2.42. The first-order chi connectivity index (χ1) is 14.6. The summed E-state index contributed by atoms with van der Waals surface area (Å²) in [5.74, 6) is 0.109. The number of carbonyl (C=O) groups excluding carboxylic acids is 3. The van der Waals surface area contributed by atoms with Crippen LogP contribution in [0.1, 0.15) is 35.4 Å². The number of aromatic nitrogens is 2. The van der Waals surface area contributed by atoms with Gasteiger partial charge in [-0.25, -0.2) is 4.98 Å². The predicted octanol–water partition coefficient (Wildman–Crippen LogP) is 2.14. The number of imidazole rings is 1. The summed E-state index contributed by atoms with van der Waals surface area (Å²) >= 11 is 0. The van der Waals surface area contributed by atoms with Crippen LogP contribution in [0.4, 0.5) is 5.69 Å². The minimum atomic E-state index is -0.744. The highest BCUT2D eigenvalue weighted by atomic mass is 16.2. The number of rotatable bonds is 7. The van der Waals surface area contributed by atoms with Crippen molar-refractivity contribution in [2.24, 2.45) is 0 Å². The highest BCUT2D eigenvalue weighted by Gasteiger charge is 2.27. The minimum absolute atomic E-state index is 0.150. The molecular formula is C22H23N5O3. The zero-order valence-corrected chi connectivity index (χ0v) is 16.4. The highest BCUT2D eigenvalue weighted by Crippen LogP contribution is 2.19. The Balaban J connectivity index is 1.21.